The highest BCUT2D eigenvalue weighted by atomic mass is 16.7. The summed E-state index contributed by atoms with van der Waals surface area (Å²) in [6.07, 6.45) is 3.42. The fraction of sp³-hybridized carbons (Fsp3) is 0.381. The van der Waals surface area contributed by atoms with Gasteiger partial charge < -0.3 is 14.2 Å². The molecule has 0 atom stereocenters. The first kappa shape index (κ1) is 18.4. The lowest BCUT2D eigenvalue weighted by molar-refractivity contribution is -0.385. The monoisotopic (exact) mass is 383 g/mol. The molecule has 0 saturated heterocycles. The second-order valence-electron chi connectivity index (χ2n) is 7.19. The predicted molar refractivity (Wildman–Crippen MR) is 99.8 cm³/mol. The number of nitrogens with zero attached hydrogens (tertiary/aromatic N) is 1. The molecule has 7 heteroatoms. The van der Waals surface area contributed by atoms with E-state index in [9.17, 15) is 14.9 Å². The molecule has 4 rings (SSSR count). The third kappa shape index (κ3) is 3.33. The average Bonchev–Trinajstić information content (AvgIpc) is 3.23. The van der Waals surface area contributed by atoms with Crippen LogP contribution in [0.2, 0.25) is 0 Å². The van der Waals surface area contributed by atoms with Gasteiger partial charge in [-0.3, -0.25) is 14.9 Å². The van der Waals surface area contributed by atoms with Crippen LogP contribution in [0.5, 0.6) is 5.75 Å². The Kier molecular flexibility index (Phi) is 5.00. The van der Waals surface area contributed by atoms with E-state index < -0.39 is 10.3 Å². The Labute approximate surface area is 162 Å². The molecule has 7 nitrogen and oxygen atoms in total. The number of ether oxygens (including phenoxy) is 3. The van der Waals surface area contributed by atoms with Crippen LogP contribution in [0.15, 0.2) is 42.5 Å². The average molecular weight is 383 g/mol. The van der Waals surface area contributed by atoms with Gasteiger partial charge in [0.2, 0.25) is 0 Å². The molecule has 146 valence electrons. The summed E-state index contributed by atoms with van der Waals surface area (Å²) in [7, 11) is 0. The van der Waals surface area contributed by atoms with Crippen LogP contribution >= 0.6 is 0 Å². The summed E-state index contributed by atoms with van der Waals surface area (Å²) in [6, 6.07) is 12.5. The van der Waals surface area contributed by atoms with Crippen LogP contribution in [0, 0.1) is 10.1 Å². The normalized spacial score (nSPS) is 17.4. The summed E-state index contributed by atoms with van der Waals surface area (Å²) >= 11 is 0. The molecule has 28 heavy (non-hydrogen) atoms. The fourth-order valence-corrected chi connectivity index (χ4v) is 4.12. The Balaban J connectivity index is 1.59. The Bertz CT molecular complexity index is 889. The first-order chi connectivity index (χ1) is 13.6. The molecule has 1 aliphatic carbocycles. The van der Waals surface area contributed by atoms with Crippen LogP contribution in [0.1, 0.15) is 42.4 Å². The SMILES string of the molecule is O=C(OCc1cc([N+](=O)[O-])cc2c1OCOC2)C1(c2ccccc2)CCCC1. The maximum atomic E-state index is 13.1. The maximum Gasteiger partial charge on any atom is 0.316 e. The van der Waals surface area contributed by atoms with Crippen LogP contribution < -0.4 is 4.74 Å². The van der Waals surface area contributed by atoms with Gasteiger partial charge in [0.15, 0.2) is 6.79 Å². The highest BCUT2D eigenvalue weighted by Gasteiger charge is 2.44. The number of carbonyl (C=O) groups excluding carboxylic acids is 1. The number of nitro benzene ring substituents is 1. The van der Waals surface area contributed by atoms with Crippen molar-refractivity contribution >= 4 is 11.7 Å². The largest absolute Gasteiger partial charge is 0.467 e. The molecule has 1 fully saturated rings. The molecular weight excluding hydrogens is 362 g/mol. The molecule has 0 N–H and O–H groups in total. The second kappa shape index (κ2) is 7.59. The van der Waals surface area contributed by atoms with Gasteiger partial charge in [-0.15, -0.1) is 0 Å². The Morgan fingerprint density at radius 3 is 2.64 bits per heavy atom. The van der Waals surface area contributed by atoms with Gasteiger partial charge >= 0.3 is 5.97 Å². The molecule has 0 aromatic heterocycles. The lowest BCUT2D eigenvalue weighted by Gasteiger charge is -2.27. The lowest BCUT2D eigenvalue weighted by atomic mass is 9.79. The van der Waals surface area contributed by atoms with E-state index in [0.717, 1.165) is 31.2 Å². The number of hydrogen-bond donors (Lipinski definition) is 0. The van der Waals surface area contributed by atoms with Crippen LogP contribution in [0.4, 0.5) is 5.69 Å². The summed E-state index contributed by atoms with van der Waals surface area (Å²) < 4.78 is 16.4. The first-order valence-electron chi connectivity index (χ1n) is 9.34. The van der Waals surface area contributed by atoms with Gasteiger partial charge in [0.1, 0.15) is 12.4 Å². The van der Waals surface area contributed by atoms with Crippen LogP contribution in [-0.2, 0) is 32.9 Å². The van der Waals surface area contributed by atoms with E-state index >= 15 is 0 Å². The zero-order valence-electron chi connectivity index (χ0n) is 15.4. The quantitative estimate of drug-likeness (QED) is 0.440. The Morgan fingerprint density at radius 1 is 1.18 bits per heavy atom. The van der Waals surface area contributed by atoms with Gasteiger partial charge in [-0.2, -0.15) is 0 Å². The van der Waals surface area contributed by atoms with E-state index in [2.05, 4.69) is 0 Å². The number of fused-ring (bicyclic) bond motifs is 1. The topological polar surface area (TPSA) is 87.9 Å². The van der Waals surface area contributed by atoms with E-state index in [0.29, 0.717) is 16.9 Å². The van der Waals surface area contributed by atoms with Crippen molar-refractivity contribution in [3.05, 3.63) is 69.3 Å². The number of nitro groups is 1. The standard InChI is InChI=1S/C21H21NO6/c23-20(21(8-4-5-9-21)17-6-2-1-3-7-17)27-13-16-11-18(22(24)25)10-15-12-26-14-28-19(15)16/h1-3,6-7,10-11H,4-5,8-9,12-14H2. The molecule has 1 aliphatic heterocycles. The molecule has 2 aliphatic rings. The minimum Gasteiger partial charge on any atom is -0.467 e. The predicted octanol–water partition coefficient (Wildman–Crippen LogP) is 4.02. The molecule has 0 amide bonds. The summed E-state index contributed by atoms with van der Waals surface area (Å²) in [5.74, 6) is 0.216. The maximum absolute atomic E-state index is 13.1. The van der Waals surface area contributed by atoms with E-state index in [1.807, 2.05) is 30.3 Å². The van der Waals surface area contributed by atoms with Gasteiger partial charge in [-0.25, -0.2) is 0 Å². The zero-order chi connectivity index (χ0) is 19.6. The van der Waals surface area contributed by atoms with Crippen LogP contribution in [0.25, 0.3) is 0 Å². The molecule has 0 spiro atoms. The smallest absolute Gasteiger partial charge is 0.316 e. The third-order valence-electron chi connectivity index (χ3n) is 5.52. The van der Waals surface area contributed by atoms with E-state index in [4.69, 9.17) is 14.2 Å². The highest BCUT2D eigenvalue weighted by molar-refractivity contribution is 5.83. The minimum atomic E-state index is -0.647. The molecular formula is C21H21NO6. The molecule has 1 heterocycles. The van der Waals surface area contributed by atoms with Crippen molar-refractivity contribution < 1.29 is 23.9 Å². The number of non-ortho nitro benzene ring substituents is 1. The number of benzene rings is 2. The third-order valence-corrected chi connectivity index (χ3v) is 5.52. The fourth-order valence-electron chi connectivity index (χ4n) is 4.12. The molecule has 1 saturated carbocycles. The van der Waals surface area contributed by atoms with Crippen molar-refractivity contribution in [2.24, 2.45) is 0 Å². The summed E-state index contributed by atoms with van der Waals surface area (Å²) in [4.78, 5) is 23.9. The van der Waals surface area contributed by atoms with Crippen LogP contribution in [0.3, 0.4) is 0 Å². The number of hydrogen-bond acceptors (Lipinski definition) is 6. The summed E-state index contributed by atoms with van der Waals surface area (Å²) in [5, 5.41) is 11.2. The van der Waals surface area contributed by atoms with Crippen molar-refractivity contribution in [3.63, 3.8) is 0 Å². The van der Waals surface area contributed by atoms with Gasteiger partial charge in [0, 0.05) is 23.3 Å². The second-order valence-corrected chi connectivity index (χ2v) is 7.19. The zero-order valence-corrected chi connectivity index (χ0v) is 15.4. The van der Waals surface area contributed by atoms with Crippen molar-refractivity contribution in [3.8, 4) is 5.75 Å². The van der Waals surface area contributed by atoms with Crippen molar-refractivity contribution in [1.82, 2.24) is 0 Å². The molecule has 0 bridgehead atoms. The lowest BCUT2D eigenvalue weighted by Crippen LogP contribution is -2.34. The number of carbonyl (C=O) groups is 1. The van der Waals surface area contributed by atoms with Gasteiger partial charge in [0.25, 0.3) is 5.69 Å². The Hall–Kier alpha value is -2.93. The molecule has 2 aromatic rings. The highest BCUT2D eigenvalue weighted by Crippen LogP contribution is 2.42. The Morgan fingerprint density at radius 2 is 1.93 bits per heavy atom. The van der Waals surface area contributed by atoms with E-state index in [1.165, 1.54) is 12.1 Å². The summed E-state index contributed by atoms with van der Waals surface area (Å²) in [6.45, 7) is 0.225. The van der Waals surface area contributed by atoms with E-state index in [-0.39, 0.29) is 31.7 Å². The first-order valence-corrected chi connectivity index (χ1v) is 9.34. The number of rotatable bonds is 5. The molecule has 0 unspecified atom stereocenters. The van der Waals surface area contributed by atoms with Gasteiger partial charge in [-0.1, -0.05) is 43.2 Å². The van der Waals surface area contributed by atoms with Gasteiger partial charge in [-0.05, 0) is 18.4 Å². The van der Waals surface area contributed by atoms with Crippen molar-refractivity contribution in [1.29, 1.82) is 0 Å². The van der Waals surface area contributed by atoms with Gasteiger partial charge in [0.05, 0.1) is 16.9 Å². The number of esters is 1. The minimum absolute atomic E-state index is 0.0692. The summed E-state index contributed by atoms with van der Waals surface area (Å²) in [5.41, 5.74) is 1.32. The van der Waals surface area contributed by atoms with Crippen molar-refractivity contribution in [2.75, 3.05) is 6.79 Å². The molecule has 0 radical (unpaired) electrons. The van der Waals surface area contributed by atoms with Crippen LogP contribution in [-0.4, -0.2) is 17.7 Å². The molecule has 2 aromatic carbocycles. The van der Waals surface area contributed by atoms with Crippen molar-refractivity contribution in [2.45, 2.75) is 44.3 Å². The van der Waals surface area contributed by atoms with E-state index in [1.54, 1.807) is 0 Å².